The summed E-state index contributed by atoms with van der Waals surface area (Å²) in [5, 5.41) is 66.3. The van der Waals surface area contributed by atoms with Gasteiger partial charge in [0.25, 0.3) is 0 Å². The first kappa shape index (κ1) is 52.2. The van der Waals surface area contributed by atoms with Gasteiger partial charge in [0.05, 0.1) is 31.0 Å². The minimum absolute atomic E-state index is 0. The standard InChI is InChI=1S/C14H23N3O10.2C6H14N2O2.Gd/c18-10(19)5-15(1-3-16(6-11(20)21)7-12(22)23)2-4-17(8-13(24)25)9-14(26)27;2*7-4-2-1-3-5(8)6(9)10;/h1-9H2,(H,18,19)(H,20,21)(H,22,23)(H,24,25)(H,26,27);2*5H,1-4,7-8H2,(H,9,10);/q;;;+3/p-3/t;2*5-;/m.00./s1. The minimum atomic E-state index is -1.53. The molecule has 0 aliphatic carbocycles. The van der Waals surface area contributed by atoms with Crippen molar-refractivity contribution >= 4 is 41.8 Å². The van der Waals surface area contributed by atoms with Crippen LogP contribution in [0.4, 0.5) is 0 Å². The Balaban J connectivity index is -0.000000377. The van der Waals surface area contributed by atoms with Gasteiger partial charge in [-0.25, -0.2) is 0 Å². The van der Waals surface area contributed by atoms with E-state index in [1.165, 1.54) is 4.90 Å². The number of carbonyl (C=O) groups excluding carboxylic acids is 3. The second kappa shape index (κ2) is 32.9. The van der Waals surface area contributed by atoms with Gasteiger partial charge < -0.3 is 73.1 Å². The van der Waals surface area contributed by atoms with E-state index in [-0.39, 0.29) is 66.1 Å². The van der Waals surface area contributed by atoms with Crippen molar-refractivity contribution in [1.29, 1.82) is 0 Å². The second-order valence-electron chi connectivity index (χ2n) is 10.1. The Hall–Kier alpha value is -2.67. The maximum Gasteiger partial charge on any atom is 3.00 e. The van der Waals surface area contributed by atoms with E-state index in [1.54, 1.807) is 0 Å². The zero-order valence-corrected chi connectivity index (χ0v) is 28.8. The van der Waals surface area contributed by atoms with Gasteiger partial charge in [0, 0.05) is 45.8 Å². The average molecular weight is 840 g/mol. The van der Waals surface area contributed by atoms with E-state index < -0.39 is 86.6 Å². The first-order chi connectivity index (χ1) is 21.9. The molecule has 279 valence electrons. The molecule has 0 bridgehead atoms. The Morgan fingerprint density at radius 3 is 1.02 bits per heavy atom. The Kier molecular flexibility index (Phi) is 35.7. The maximum atomic E-state index is 10.8. The fourth-order valence-corrected chi connectivity index (χ4v) is 3.46. The summed E-state index contributed by atoms with van der Waals surface area (Å²) in [7, 11) is 0. The third-order valence-corrected chi connectivity index (χ3v) is 5.81. The monoisotopic (exact) mass is 840 g/mol. The molecular weight excluding hydrogens is 792 g/mol. The molecule has 0 fully saturated rings. The van der Waals surface area contributed by atoms with E-state index in [0.29, 0.717) is 25.9 Å². The van der Waals surface area contributed by atoms with Crippen molar-refractivity contribution in [3.63, 3.8) is 0 Å². The van der Waals surface area contributed by atoms with Crippen LogP contribution in [0, 0.1) is 39.9 Å². The van der Waals surface area contributed by atoms with Crippen LogP contribution in [0.25, 0.3) is 0 Å². The topological polar surface area (TPSA) is 383 Å². The third-order valence-electron chi connectivity index (χ3n) is 5.81. The van der Waals surface area contributed by atoms with Crippen molar-refractivity contribution in [3.8, 4) is 0 Å². The minimum Gasteiger partial charge on any atom is -0.549 e. The smallest absolute Gasteiger partial charge is 0.549 e. The Morgan fingerprint density at radius 2 is 0.771 bits per heavy atom. The molecule has 22 heteroatoms. The summed E-state index contributed by atoms with van der Waals surface area (Å²) in [6.07, 6.45) is 4.33. The number of nitrogens with zero attached hydrogens (tertiary/aromatic N) is 3. The molecule has 0 amide bonds. The molecular formula is C26H48GdN7O14. The maximum absolute atomic E-state index is 10.8. The summed E-state index contributed by atoms with van der Waals surface area (Å²) in [5.41, 5.74) is 20.8. The van der Waals surface area contributed by atoms with Gasteiger partial charge in [0.15, 0.2) is 0 Å². The third kappa shape index (κ3) is 37.8. The Labute approximate surface area is 309 Å². The predicted molar refractivity (Wildman–Crippen MR) is 157 cm³/mol. The number of nitrogens with two attached hydrogens (primary N) is 4. The van der Waals surface area contributed by atoms with Crippen molar-refractivity contribution in [2.24, 2.45) is 22.9 Å². The fourth-order valence-electron chi connectivity index (χ4n) is 3.46. The first-order valence-electron chi connectivity index (χ1n) is 14.4. The van der Waals surface area contributed by atoms with Crippen LogP contribution in [-0.2, 0) is 33.6 Å². The summed E-state index contributed by atoms with van der Waals surface area (Å²) in [5.74, 6) is -8.93. The molecule has 2 atom stereocenters. The summed E-state index contributed by atoms with van der Waals surface area (Å²) in [6.45, 7) is -2.40. The van der Waals surface area contributed by atoms with Gasteiger partial charge in [-0.3, -0.25) is 33.9 Å². The molecule has 0 aromatic heterocycles. The molecule has 0 heterocycles. The number of carbonyl (C=O) groups is 7. The average Bonchev–Trinajstić information content (AvgIpc) is 2.93. The van der Waals surface area contributed by atoms with Gasteiger partial charge in [-0.15, -0.1) is 0 Å². The van der Waals surface area contributed by atoms with E-state index in [9.17, 15) is 48.9 Å². The van der Waals surface area contributed by atoms with Crippen LogP contribution in [0.3, 0.4) is 0 Å². The molecule has 1 radical (unpaired) electrons. The zero-order valence-electron chi connectivity index (χ0n) is 26.6. The van der Waals surface area contributed by atoms with Crippen molar-refractivity contribution < 1.29 is 109 Å². The number of hydrogen-bond donors (Lipinski definition) is 8. The van der Waals surface area contributed by atoms with Gasteiger partial charge in [-0.2, -0.15) is 0 Å². The van der Waals surface area contributed by atoms with Crippen LogP contribution < -0.4 is 38.3 Å². The second-order valence-corrected chi connectivity index (χ2v) is 10.1. The quantitative estimate of drug-likeness (QED) is 0.0375. The summed E-state index contributed by atoms with van der Waals surface area (Å²) >= 11 is 0. The summed E-state index contributed by atoms with van der Waals surface area (Å²) in [4.78, 5) is 77.1. The van der Waals surface area contributed by atoms with Gasteiger partial charge in [0.2, 0.25) is 0 Å². The number of carboxylic acids is 7. The van der Waals surface area contributed by atoms with Crippen molar-refractivity contribution in [2.75, 3.05) is 72.0 Å². The summed E-state index contributed by atoms with van der Waals surface area (Å²) < 4.78 is 0. The molecule has 0 saturated heterocycles. The van der Waals surface area contributed by atoms with E-state index in [2.05, 4.69) is 0 Å². The van der Waals surface area contributed by atoms with Gasteiger partial charge in [0.1, 0.15) is 12.1 Å². The normalized spacial score (nSPS) is 11.6. The van der Waals surface area contributed by atoms with Crippen LogP contribution in [0.2, 0.25) is 0 Å². The van der Waals surface area contributed by atoms with Crippen LogP contribution >= 0.6 is 0 Å². The fraction of sp³-hybridized carbons (Fsp3) is 0.731. The van der Waals surface area contributed by atoms with Crippen molar-refractivity contribution in [1.82, 2.24) is 14.7 Å². The van der Waals surface area contributed by atoms with Crippen LogP contribution in [0.1, 0.15) is 38.5 Å². The molecule has 0 saturated carbocycles. The molecule has 0 spiro atoms. The molecule has 12 N–H and O–H groups in total. The zero-order chi connectivity index (χ0) is 36.9. The van der Waals surface area contributed by atoms with Gasteiger partial charge in [-0.1, -0.05) is 12.8 Å². The molecule has 0 aromatic carbocycles. The van der Waals surface area contributed by atoms with E-state index in [4.69, 9.17) is 43.4 Å². The molecule has 0 unspecified atom stereocenters. The van der Waals surface area contributed by atoms with Crippen LogP contribution in [0.15, 0.2) is 0 Å². The molecule has 0 aromatic rings. The molecule has 48 heavy (non-hydrogen) atoms. The molecule has 21 nitrogen and oxygen atoms in total. The van der Waals surface area contributed by atoms with Crippen molar-refractivity contribution in [3.05, 3.63) is 0 Å². The number of aliphatic carboxylic acids is 7. The number of rotatable bonds is 26. The first-order valence-corrected chi connectivity index (χ1v) is 14.4. The predicted octanol–water partition coefficient (Wildman–Crippen LogP) is -7.63. The van der Waals surface area contributed by atoms with Crippen LogP contribution in [-0.4, -0.2) is 161 Å². The van der Waals surface area contributed by atoms with Crippen molar-refractivity contribution in [2.45, 2.75) is 50.6 Å². The van der Waals surface area contributed by atoms with E-state index in [0.717, 1.165) is 35.5 Å². The van der Waals surface area contributed by atoms with Gasteiger partial charge in [-0.05, 0) is 38.8 Å². The van der Waals surface area contributed by atoms with Crippen LogP contribution in [0.5, 0.6) is 0 Å². The molecule has 0 rings (SSSR count). The largest absolute Gasteiger partial charge is 3.00 e. The van der Waals surface area contributed by atoms with E-state index >= 15 is 0 Å². The van der Waals surface area contributed by atoms with E-state index in [1.807, 2.05) is 0 Å². The Bertz CT molecular complexity index is 866. The molecule has 0 aliphatic heterocycles. The van der Waals surface area contributed by atoms with Gasteiger partial charge >= 0.3 is 63.8 Å². The SMILES string of the molecule is NCCCC[C@H](N)C(=O)O.NCCCC[C@H](N)C(=O)O.O=C([O-])CN(CCN(CC(=O)[O-])CC(=O)[O-])CCN(CC(=O)O)CC(=O)O.[Gd+3]. The molecule has 0 aliphatic rings. The number of carboxylic acid groups (broad SMARTS) is 7. The summed E-state index contributed by atoms with van der Waals surface area (Å²) in [6, 6.07) is -1.43. The number of unbranched alkanes of at least 4 members (excludes halogenated alkanes) is 2. The Morgan fingerprint density at radius 1 is 0.500 bits per heavy atom. The number of hydrogen-bond acceptors (Lipinski definition) is 17.